The molecule has 138 valence electrons. The summed E-state index contributed by atoms with van der Waals surface area (Å²) in [7, 11) is 1.55. The number of carbonyl (C=O) groups is 1. The van der Waals surface area contributed by atoms with Gasteiger partial charge in [0.2, 0.25) is 0 Å². The Morgan fingerprint density at radius 3 is 2.85 bits per heavy atom. The van der Waals surface area contributed by atoms with Gasteiger partial charge >= 0.3 is 0 Å². The van der Waals surface area contributed by atoms with Crippen LogP contribution in [0.3, 0.4) is 0 Å². The molecule has 0 saturated heterocycles. The van der Waals surface area contributed by atoms with Gasteiger partial charge in [-0.3, -0.25) is 4.79 Å². The number of phenols is 1. The fraction of sp³-hybridized carbons (Fsp3) is 0.105. The van der Waals surface area contributed by atoms with Crippen LogP contribution in [0.2, 0.25) is 0 Å². The number of hydrazone groups is 1. The molecule has 1 heterocycles. The maximum Gasteiger partial charge on any atom is 0.275 e. The number of amides is 1. The summed E-state index contributed by atoms with van der Waals surface area (Å²) in [5, 5.41) is 17.7. The first-order chi connectivity index (χ1) is 13.2. The van der Waals surface area contributed by atoms with Gasteiger partial charge in [0.15, 0.2) is 18.2 Å². The van der Waals surface area contributed by atoms with Crippen LogP contribution in [0.5, 0.6) is 17.2 Å². The number of nitrogens with zero attached hydrogens (tertiary/aromatic N) is 3. The lowest BCUT2D eigenvalue weighted by molar-refractivity contribution is 0.0952. The van der Waals surface area contributed by atoms with E-state index in [0.29, 0.717) is 17.1 Å². The fourth-order valence-corrected chi connectivity index (χ4v) is 2.29. The molecule has 27 heavy (non-hydrogen) atoms. The zero-order chi connectivity index (χ0) is 19.1. The van der Waals surface area contributed by atoms with Crippen LogP contribution < -0.4 is 14.9 Å². The summed E-state index contributed by atoms with van der Waals surface area (Å²) >= 11 is 0. The second-order valence-electron chi connectivity index (χ2n) is 5.45. The fourth-order valence-electron chi connectivity index (χ4n) is 2.29. The minimum Gasteiger partial charge on any atom is -0.507 e. The molecule has 2 N–H and O–H groups in total. The average Bonchev–Trinajstić information content (AvgIpc) is 3.20. The molecule has 0 unspecified atom stereocenters. The highest BCUT2D eigenvalue weighted by atomic mass is 16.5. The number of methoxy groups -OCH3 is 1. The van der Waals surface area contributed by atoms with Crippen LogP contribution in [0.1, 0.15) is 15.9 Å². The molecule has 0 aliphatic rings. The van der Waals surface area contributed by atoms with Crippen molar-refractivity contribution in [1.29, 1.82) is 0 Å². The number of aromatic nitrogens is 2. The number of carbonyl (C=O) groups excluding carboxylic acids is 1. The third kappa shape index (κ3) is 4.63. The molecule has 0 saturated carbocycles. The Balaban J connectivity index is 1.67. The third-order valence-electron chi connectivity index (χ3n) is 3.63. The van der Waals surface area contributed by atoms with E-state index in [1.54, 1.807) is 60.6 Å². The average molecular weight is 366 g/mol. The van der Waals surface area contributed by atoms with Crippen molar-refractivity contribution in [2.45, 2.75) is 6.73 Å². The highest BCUT2D eigenvalue weighted by molar-refractivity contribution is 5.97. The van der Waals surface area contributed by atoms with Crippen molar-refractivity contribution in [2.75, 3.05) is 7.11 Å². The third-order valence-corrected chi connectivity index (χ3v) is 3.63. The smallest absolute Gasteiger partial charge is 0.275 e. The maximum atomic E-state index is 12.0. The first-order valence-corrected chi connectivity index (χ1v) is 8.07. The lowest BCUT2D eigenvalue weighted by Crippen LogP contribution is -2.17. The van der Waals surface area contributed by atoms with Crippen molar-refractivity contribution in [2.24, 2.45) is 5.10 Å². The van der Waals surface area contributed by atoms with Crippen LogP contribution in [-0.4, -0.2) is 34.1 Å². The maximum absolute atomic E-state index is 12.0. The van der Waals surface area contributed by atoms with Crippen LogP contribution >= 0.6 is 0 Å². The predicted octanol–water partition coefficient (Wildman–Crippen LogP) is 2.40. The Morgan fingerprint density at radius 1 is 1.26 bits per heavy atom. The van der Waals surface area contributed by atoms with Crippen molar-refractivity contribution in [3.63, 3.8) is 0 Å². The lowest BCUT2D eigenvalue weighted by Gasteiger charge is -2.11. The van der Waals surface area contributed by atoms with E-state index in [-0.39, 0.29) is 18.0 Å². The molecule has 8 nitrogen and oxygen atoms in total. The Labute approximate surface area is 155 Å². The minimum absolute atomic E-state index is 0.107. The number of benzene rings is 2. The summed E-state index contributed by atoms with van der Waals surface area (Å²) in [4.78, 5) is 12.0. The molecule has 0 atom stereocenters. The summed E-state index contributed by atoms with van der Waals surface area (Å²) < 4.78 is 12.6. The van der Waals surface area contributed by atoms with Crippen molar-refractivity contribution < 1.29 is 19.4 Å². The molecule has 0 spiro atoms. The van der Waals surface area contributed by atoms with E-state index in [9.17, 15) is 9.90 Å². The van der Waals surface area contributed by atoms with Gasteiger partial charge in [0.05, 0.1) is 18.9 Å². The molecule has 3 rings (SSSR count). The van der Waals surface area contributed by atoms with Gasteiger partial charge in [-0.2, -0.15) is 10.2 Å². The Bertz CT molecular complexity index is 939. The Kier molecular flexibility index (Phi) is 5.68. The summed E-state index contributed by atoms with van der Waals surface area (Å²) in [6.45, 7) is 0.230. The van der Waals surface area contributed by atoms with E-state index < -0.39 is 5.91 Å². The van der Waals surface area contributed by atoms with Crippen LogP contribution in [0.4, 0.5) is 0 Å². The van der Waals surface area contributed by atoms with Crippen molar-refractivity contribution in [3.05, 3.63) is 72.1 Å². The molecule has 0 fully saturated rings. The SMILES string of the molecule is COc1ccc(/C=N/NC(=O)c2ccccc2O)cc1OCn1cccn1. The standard InChI is InChI=1S/C19H18N4O4/c1-26-17-8-7-14(11-18(17)27-13-23-10-4-9-21-23)12-20-22-19(25)15-5-2-3-6-16(15)24/h2-12,24H,13H2,1H3,(H,22,25)/b20-12+. The molecule has 1 amide bonds. The van der Waals surface area contributed by atoms with Gasteiger partial charge in [-0.05, 0) is 42.0 Å². The van der Waals surface area contributed by atoms with Crippen LogP contribution in [0, 0.1) is 0 Å². The summed E-state index contributed by atoms with van der Waals surface area (Å²) in [5.41, 5.74) is 3.22. The van der Waals surface area contributed by atoms with Crippen LogP contribution in [0.15, 0.2) is 66.0 Å². The largest absolute Gasteiger partial charge is 0.507 e. The zero-order valence-electron chi connectivity index (χ0n) is 14.6. The van der Waals surface area contributed by atoms with Gasteiger partial charge in [-0.15, -0.1) is 0 Å². The second-order valence-corrected chi connectivity index (χ2v) is 5.45. The topological polar surface area (TPSA) is 98.0 Å². The van der Waals surface area contributed by atoms with E-state index in [2.05, 4.69) is 15.6 Å². The number of phenolic OH excluding ortho intramolecular Hbond substituents is 1. The molecular weight excluding hydrogens is 348 g/mol. The predicted molar refractivity (Wildman–Crippen MR) is 99.0 cm³/mol. The molecule has 0 radical (unpaired) electrons. The van der Waals surface area contributed by atoms with Gasteiger partial charge in [-0.25, -0.2) is 10.1 Å². The molecule has 0 aliphatic carbocycles. The number of nitrogens with one attached hydrogen (secondary N) is 1. The first kappa shape index (κ1) is 18.0. The number of rotatable bonds is 7. The highest BCUT2D eigenvalue weighted by Gasteiger charge is 2.09. The monoisotopic (exact) mass is 366 g/mol. The number of hydrogen-bond donors (Lipinski definition) is 2. The number of para-hydroxylation sites is 1. The molecule has 0 aliphatic heterocycles. The number of aromatic hydroxyl groups is 1. The van der Waals surface area contributed by atoms with E-state index in [4.69, 9.17) is 9.47 Å². The normalized spacial score (nSPS) is 10.7. The van der Waals surface area contributed by atoms with Gasteiger partial charge < -0.3 is 14.6 Å². The van der Waals surface area contributed by atoms with E-state index >= 15 is 0 Å². The molecule has 3 aromatic rings. The lowest BCUT2D eigenvalue weighted by atomic mass is 10.2. The number of ether oxygens (including phenoxy) is 2. The number of hydrogen-bond acceptors (Lipinski definition) is 6. The molecule has 8 heteroatoms. The van der Waals surface area contributed by atoms with Crippen LogP contribution in [0.25, 0.3) is 0 Å². The summed E-state index contributed by atoms with van der Waals surface area (Å²) in [6, 6.07) is 13.3. The Hall–Kier alpha value is -3.81. The van der Waals surface area contributed by atoms with E-state index in [1.807, 2.05) is 0 Å². The molecule has 2 aromatic carbocycles. The van der Waals surface area contributed by atoms with Crippen molar-refractivity contribution >= 4 is 12.1 Å². The quantitative estimate of drug-likeness (QED) is 0.494. The van der Waals surface area contributed by atoms with Gasteiger partial charge in [-0.1, -0.05) is 12.1 Å². The van der Waals surface area contributed by atoms with Gasteiger partial charge in [0, 0.05) is 12.4 Å². The second kappa shape index (κ2) is 8.52. The zero-order valence-corrected chi connectivity index (χ0v) is 14.6. The van der Waals surface area contributed by atoms with Crippen LogP contribution in [-0.2, 0) is 6.73 Å². The van der Waals surface area contributed by atoms with E-state index in [0.717, 1.165) is 0 Å². The first-order valence-electron chi connectivity index (χ1n) is 8.07. The molecular formula is C19H18N4O4. The summed E-state index contributed by atoms with van der Waals surface area (Å²) in [5.74, 6) is 0.471. The minimum atomic E-state index is -0.506. The molecule has 1 aromatic heterocycles. The van der Waals surface area contributed by atoms with Gasteiger partial charge in [0.1, 0.15) is 5.75 Å². The van der Waals surface area contributed by atoms with E-state index in [1.165, 1.54) is 18.3 Å². The Morgan fingerprint density at radius 2 is 2.11 bits per heavy atom. The van der Waals surface area contributed by atoms with Crippen molar-refractivity contribution in [3.8, 4) is 17.2 Å². The van der Waals surface area contributed by atoms with Crippen molar-refractivity contribution in [1.82, 2.24) is 15.2 Å². The summed E-state index contributed by atoms with van der Waals surface area (Å²) in [6.07, 6.45) is 4.92. The highest BCUT2D eigenvalue weighted by Crippen LogP contribution is 2.27. The van der Waals surface area contributed by atoms with Gasteiger partial charge in [0.25, 0.3) is 5.91 Å². The molecule has 0 bridgehead atoms.